The van der Waals surface area contributed by atoms with E-state index in [2.05, 4.69) is 65.0 Å². The van der Waals surface area contributed by atoms with E-state index >= 15 is 0 Å². The van der Waals surface area contributed by atoms with Crippen LogP contribution in [0.1, 0.15) is 18.6 Å². The number of likely N-dealkylation sites (tertiary alicyclic amines) is 1. The van der Waals surface area contributed by atoms with Crippen molar-refractivity contribution >= 4 is 16.7 Å². The fourth-order valence-electron chi connectivity index (χ4n) is 4.58. The Labute approximate surface area is 196 Å². The minimum atomic E-state index is 0.607. The van der Waals surface area contributed by atoms with Crippen LogP contribution < -0.4 is 5.32 Å². The molecule has 9 heteroatoms. The number of aromatic nitrogens is 6. The topological polar surface area (TPSA) is 112 Å². The van der Waals surface area contributed by atoms with E-state index < -0.39 is 0 Å². The standard InChI is InChI=1S/C25H26N8O/c1-2-4-18(5-3-1)23-13-20(34-32-23)15-33-10-8-17(9-11-33)14-26-25-21-12-19(24-27-16-28-30-24)6-7-22(21)29-31-25/h1-7,12-13,16-17H,8-11,14-15H2,(H2,26,29,31)(H,27,28,30). The predicted molar refractivity (Wildman–Crippen MR) is 130 cm³/mol. The fourth-order valence-corrected chi connectivity index (χ4v) is 4.58. The summed E-state index contributed by atoms with van der Waals surface area (Å²) in [6.45, 7) is 3.80. The third-order valence-electron chi connectivity index (χ3n) is 6.52. The lowest BCUT2D eigenvalue weighted by Gasteiger charge is -2.31. The number of nitrogens with zero attached hydrogens (tertiary/aromatic N) is 5. The van der Waals surface area contributed by atoms with Gasteiger partial charge in [-0.3, -0.25) is 15.1 Å². The van der Waals surface area contributed by atoms with Gasteiger partial charge in [-0.2, -0.15) is 10.2 Å². The lowest BCUT2D eigenvalue weighted by molar-refractivity contribution is 0.166. The molecule has 34 heavy (non-hydrogen) atoms. The normalized spacial score (nSPS) is 15.2. The Morgan fingerprint density at radius 3 is 2.71 bits per heavy atom. The van der Waals surface area contributed by atoms with Gasteiger partial charge in [-0.25, -0.2) is 4.98 Å². The van der Waals surface area contributed by atoms with Gasteiger partial charge in [-0.05, 0) is 50.0 Å². The number of anilines is 1. The quantitative estimate of drug-likeness (QED) is 0.336. The van der Waals surface area contributed by atoms with Crippen molar-refractivity contribution in [1.29, 1.82) is 0 Å². The molecule has 4 heterocycles. The molecule has 0 spiro atoms. The second kappa shape index (κ2) is 9.11. The number of H-pyrrole nitrogens is 2. The largest absolute Gasteiger partial charge is 0.368 e. The molecule has 3 N–H and O–H groups in total. The summed E-state index contributed by atoms with van der Waals surface area (Å²) >= 11 is 0. The molecule has 172 valence electrons. The van der Waals surface area contributed by atoms with Crippen molar-refractivity contribution in [3.05, 3.63) is 66.7 Å². The van der Waals surface area contributed by atoms with E-state index in [1.807, 2.05) is 30.3 Å². The Balaban J connectivity index is 1.03. The molecule has 0 bridgehead atoms. The van der Waals surface area contributed by atoms with Crippen LogP contribution in [-0.4, -0.2) is 55.1 Å². The summed E-state index contributed by atoms with van der Waals surface area (Å²) in [7, 11) is 0. The molecule has 0 unspecified atom stereocenters. The highest BCUT2D eigenvalue weighted by Crippen LogP contribution is 2.27. The van der Waals surface area contributed by atoms with E-state index in [1.54, 1.807) is 0 Å². The zero-order chi connectivity index (χ0) is 22.7. The third kappa shape index (κ3) is 4.29. The number of piperidine rings is 1. The molecule has 1 fully saturated rings. The van der Waals surface area contributed by atoms with Crippen LogP contribution in [0.4, 0.5) is 5.82 Å². The Morgan fingerprint density at radius 1 is 1.00 bits per heavy atom. The van der Waals surface area contributed by atoms with Crippen molar-refractivity contribution in [2.45, 2.75) is 19.4 Å². The first-order valence-electron chi connectivity index (χ1n) is 11.6. The Kier molecular flexibility index (Phi) is 5.52. The van der Waals surface area contributed by atoms with Crippen molar-refractivity contribution in [2.75, 3.05) is 25.0 Å². The lowest BCUT2D eigenvalue weighted by atomic mass is 9.96. The summed E-state index contributed by atoms with van der Waals surface area (Å²) < 4.78 is 5.60. The third-order valence-corrected chi connectivity index (χ3v) is 6.52. The van der Waals surface area contributed by atoms with Crippen molar-refractivity contribution in [3.8, 4) is 22.6 Å². The monoisotopic (exact) mass is 454 g/mol. The first-order valence-corrected chi connectivity index (χ1v) is 11.6. The average Bonchev–Trinajstić information content (AvgIpc) is 3.65. The van der Waals surface area contributed by atoms with Crippen LogP contribution in [0.5, 0.6) is 0 Å². The molecule has 1 saturated heterocycles. The minimum absolute atomic E-state index is 0.607. The van der Waals surface area contributed by atoms with Crippen molar-refractivity contribution in [3.63, 3.8) is 0 Å². The first-order chi connectivity index (χ1) is 16.8. The summed E-state index contributed by atoms with van der Waals surface area (Å²) in [5.74, 6) is 3.16. The predicted octanol–water partition coefficient (Wildman–Crippen LogP) is 4.33. The average molecular weight is 455 g/mol. The van der Waals surface area contributed by atoms with Gasteiger partial charge in [-0.1, -0.05) is 35.5 Å². The maximum atomic E-state index is 5.60. The maximum absolute atomic E-state index is 5.60. The van der Waals surface area contributed by atoms with Gasteiger partial charge in [0, 0.05) is 29.1 Å². The highest BCUT2D eigenvalue weighted by molar-refractivity contribution is 5.92. The van der Waals surface area contributed by atoms with Crippen LogP contribution in [0.2, 0.25) is 0 Å². The van der Waals surface area contributed by atoms with Crippen LogP contribution in [0.3, 0.4) is 0 Å². The number of fused-ring (bicyclic) bond motifs is 1. The number of rotatable bonds is 7. The summed E-state index contributed by atoms with van der Waals surface area (Å²) in [4.78, 5) is 6.69. The molecule has 5 aromatic rings. The summed E-state index contributed by atoms with van der Waals surface area (Å²) in [5.41, 5.74) is 3.97. The SMILES string of the molecule is c1ccc(-c2cc(CN3CCC(CNc4n[nH]c5ccc(-c6ncn[nH]6)cc45)CC3)on2)cc1. The molecule has 0 atom stereocenters. The zero-order valence-corrected chi connectivity index (χ0v) is 18.7. The molecular weight excluding hydrogens is 428 g/mol. The van der Waals surface area contributed by atoms with Crippen molar-refractivity contribution in [1.82, 2.24) is 35.4 Å². The Morgan fingerprint density at radius 2 is 1.88 bits per heavy atom. The number of hydrogen-bond donors (Lipinski definition) is 3. The van der Waals surface area contributed by atoms with E-state index in [0.29, 0.717) is 5.92 Å². The summed E-state index contributed by atoms with van der Waals surface area (Å²) in [6.07, 6.45) is 3.79. The van der Waals surface area contributed by atoms with Crippen molar-refractivity contribution < 1.29 is 4.52 Å². The molecule has 0 amide bonds. The van der Waals surface area contributed by atoms with Crippen LogP contribution in [0, 0.1) is 5.92 Å². The van der Waals surface area contributed by atoms with E-state index in [-0.39, 0.29) is 0 Å². The Hall–Kier alpha value is -3.98. The molecule has 0 radical (unpaired) electrons. The molecular formula is C25H26N8O. The van der Waals surface area contributed by atoms with Gasteiger partial charge in [0.25, 0.3) is 0 Å². The zero-order valence-electron chi connectivity index (χ0n) is 18.7. The molecule has 1 aliphatic heterocycles. The minimum Gasteiger partial charge on any atom is -0.368 e. The molecule has 1 aliphatic rings. The number of aromatic amines is 2. The second-order valence-electron chi connectivity index (χ2n) is 8.81. The maximum Gasteiger partial charge on any atom is 0.155 e. The fraction of sp³-hybridized carbons (Fsp3) is 0.280. The molecule has 0 aliphatic carbocycles. The number of nitrogens with one attached hydrogen (secondary N) is 3. The van der Waals surface area contributed by atoms with Crippen LogP contribution in [-0.2, 0) is 6.54 Å². The number of benzene rings is 2. The van der Waals surface area contributed by atoms with E-state index in [4.69, 9.17) is 4.52 Å². The smallest absolute Gasteiger partial charge is 0.155 e. The summed E-state index contributed by atoms with van der Waals surface area (Å²) in [6, 6.07) is 18.3. The molecule has 9 nitrogen and oxygen atoms in total. The second-order valence-corrected chi connectivity index (χ2v) is 8.81. The van der Waals surface area contributed by atoms with Crippen LogP contribution >= 0.6 is 0 Å². The van der Waals surface area contributed by atoms with Gasteiger partial charge in [0.2, 0.25) is 0 Å². The molecule has 3 aromatic heterocycles. The molecule has 6 rings (SSSR count). The highest BCUT2D eigenvalue weighted by Gasteiger charge is 2.21. The first kappa shape index (κ1) is 20.6. The van der Waals surface area contributed by atoms with Crippen LogP contribution in [0.15, 0.2) is 65.4 Å². The van der Waals surface area contributed by atoms with Gasteiger partial charge in [0.15, 0.2) is 17.4 Å². The van der Waals surface area contributed by atoms with E-state index in [9.17, 15) is 0 Å². The molecule has 2 aromatic carbocycles. The highest BCUT2D eigenvalue weighted by atomic mass is 16.5. The van der Waals surface area contributed by atoms with Gasteiger partial charge in [0.1, 0.15) is 12.0 Å². The molecule has 0 saturated carbocycles. The van der Waals surface area contributed by atoms with Gasteiger partial charge < -0.3 is 9.84 Å². The lowest BCUT2D eigenvalue weighted by Crippen LogP contribution is -2.35. The van der Waals surface area contributed by atoms with Gasteiger partial charge in [-0.15, -0.1) is 0 Å². The Bertz CT molecular complexity index is 1350. The van der Waals surface area contributed by atoms with Crippen LogP contribution in [0.25, 0.3) is 33.5 Å². The van der Waals surface area contributed by atoms with Gasteiger partial charge in [0.05, 0.1) is 12.1 Å². The van der Waals surface area contributed by atoms with Gasteiger partial charge >= 0.3 is 0 Å². The summed E-state index contributed by atoms with van der Waals surface area (Å²) in [5, 5.41) is 23.3. The van der Waals surface area contributed by atoms with E-state index in [1.165, 1.54) is 6.33 Å². The number of hydrogen-bond acceptors (Lipinski definition) is 7. The van der Waals surface area contributed by atoms with Crippen molar-refractivity contribution in [2.24, 2.45) is 5.92 Å². The van der Waals surface area contributed by atoms with E-state index in [0.717, 1.165) is 84.1 Å².